The van der Waals surface area contributed by atoms with E-state index in [2.05, 4.69) is 40.1 Å². The lowest BCUT2D eigenvalue weighted by atomic mass is 9.47. The molecule has 1 spiro atoms. The highest BCUT2D eigenvalue weighted by molar-refractivity contribution is 5.96. The lowest BCUT2D eigenvalue weighted by Gasteiger charge is -2.63. The number of urea groups is 1. The Kier molecular flexibility index (Phi) is 12.9. The predicted octanol–water partition coefficient (Wildman–Crippen LogP) is 5.91. The standard InChI is InChI=1S/C57H70N6O11/c1-11-53(59-52(67)63-31-35-27-44(70-7)45(71-8)28-36(35)32-63)20-15-22-55(50(65)72-9,46-38(19-25-60(4)33-53)37-17-13-14-18-41(37)58-46)40-29-39-42(30-43(40)69-6)61(5)48-56(39)23-26-62-24-16-21-54(12-2,47(56)62)49(74-34(3)64)57(48,68)51(66)73-10/h13-18,21-22,27-30,47-49,58,68H,11-12,19-20,23-26,31-33H2,1-10H3,(H,59,67)/b22-15-/t47-,48?,49+,53?,54+,55-,56+,57-/m0/s1. The van der Waals surface area contributed by atoms with E-state index in [-0.39, 0.29) is 12.1 Å². The fraction of sp³-hybridized carbons (Fsp3) is 0.509. The van der Waals surface area contributed by atoms with Gasteiger partial charge in [0.25, 0.3) is 0 Å². The van der Waals surface area contributed by atoms with Crippen LogP contribution in [-0.2, 0) is 58.9 Å². The van der Waals surface area contributed by atoms with Gasteiger partial charge in [0.05, 0.1) is 47.1 Å². The van der Waals surface area contributed by atoms with Crippen molar-refractivity contribution >= 4 is 40.5 Å². The number of nitrogens with one attached hydrogen (secondary N) is 2. The second-order valence-electron chi connectivity index (χ2n) is 21.3. The Hall–Kier alpha value is -6.56. The van der Waals surface area contributed by atoms with Gasteiger partial charge in [-0.05, 0) is 92.2 Å². The molecule has 1 saturated heterocycles. The molecule has 3 aromatic carbocycles. The zero-order chi connectivity index (χ0) is 52.7. The number of carbonyl (C=O) groups is 4. The molecular formula is C57H70N6O11. The first kappa shape index (κ1) is 50.9. The van der Waals surface area contributed by atoms with Crippen molar-refractivity contribution in [2.75, 3.05) is 80.7 Å². The van der Waals surface area contributed by atoms with Gasteiger partial charge in [0.15, 0.2) is 23.0 Å². The molecule has 0 radical (unpaired) electrons. The molecule has 8 atom stereocenters. The summed E-state index contributed by atoms with van der Waals surface area (Å²) < 4.78 is 35.3. The Morgan fingerprint density at radius 3 is 2.14 bits per heavy atom. The van der Waals surface area contributed by atoms with Crippen molar-refractivity contribution in [1.29, 1.82) is 0 Å². The largest absolute Gasteiger partial charge is 0.496 e. The number of hydrogen-bond donors (Lipinski definition) is 3. The van der Waals surface area contributed by atoms with Crippen molar-refractivity contribution in [1.82, 2.24) is 25.0 Å². The molecular weight excluding hydrogens is 945 g/mol. The molecule has 394 valence electrons. The Morgan fingerprint density at radius 2 is 1.50 bits per heavy atom. The summed E-state index contributed by atoms with van der Waals surface area (Å²) >= 11 is 0. The van der Waals surface area contributed by atoms with Crippen LogP contribution >= 0.6 is 0 Å². The molecule has 2 unspecified atom stereocenters. The summed E-state index contributed by atoms with van der Waals surface area (Å²) in [5.74, 6) is -0.529. The third kappa shape index (κ3) is 7.19. The summed E-state index contributed by atoms with van der Waals surface area (Å²) in [6.07, 6.45) is 9.05. The molecule has 10 rings (SSSR count). The highest BCUT2D eigenvalue weighted by atomic mass is 16.6. The number of nitrogens with zero attached hydrogens (tertiary/aromatic N) is 4. The zero-order valence-electron chi connectivity index (χ0n) is 44.3. The Balaban J connectivity index is 1.17. The average molecular weight is 1020 g/mol. The minimum atomic E-state index is -2.36. The smallest absolute Gasteiger partial charge is 0.344 e. The number of aromatic nitrogens is 1. The van der Waals surface area contributed by atoms with Gasteiger partial charge in [-0.15, -0.1) is 0 Å². The third-order valence-corrected chi connectivity index (χ3v) is 17.8. The lowest BCUT2D eigenvalue weighted by molar-refractivity contribution is -0.228. The van der Waals surface area contributed by atoms with Crippen LogP contribution in [0.4, 0.5) is 10.5 Å². The molecule has 4 aromatic rings. The van der Waals surface area contributed by atoms with Crippen molar-refractivity contribution < 1.29 is 52.7 Å². The number of aliphatic hydroxyl groups is 1. The molecule has 2 amide bonds. The number of likely N-dealkylation sites (N-methyl/N-ethyl adjacent to an activating group) is 2. The van der Waals surface area contributed by atoms with Crippen molar-refractivity contribution in [3.63, 3.8) is 0 Å². The topological polar surface area (TPSA) is 185 Å². The second-order valence-corrected chi connectivity index (χ2v) is 21.3. The highest BCUT2D eigenvalue weighted by Gasteiger charge is 2.80. The number of H-pyrrole nitrogens is 1. The number of amides is 2. The van der Waals surface area contributed by atoms with Crippen LogP contribution in [0.1, 0.15) is 80.0 Å². The molecule has 6 heterocycles. The molecule has 0 bridgehead atoms. The summed E-state index contributed by atoms with van der Waals surface area (Å²) in [6.45, 7) is 8.47. The van der Waals surface area contributed by atoms with Crippen LogP contribution in [0.2, 0.25) is 0 Å². The molecule has 1 aromatic heterocycles. The Morgan fingerprint density at radius 1 is 0.811 bits per heavy atom. The molecule has 5 aliphatic heterocycles. The molecule has 2 fully saturated rings. The van der Waals surface area contributed by atoms with Gasteiger partial charge in [0.2, 0.25) is 5.60 Å². The average Bonchev–Trinajstić information content (AvgIpc) is 4.17. The van der Waals surface area contributed by atoms with Gasteiger partial charge in [-0.25, -0.2) is 9.59 Å². The van der Waals surface area contributed by atoms with Gasteiger partial charge in [-0.2, -0.15) is 0 Å². The predicted molar refractivity (Wildman–Crippen MR) is 278 cm³/mol. The first-order chi connectivity index (χ1) is 35.5. The van der Waals surface area contributed by atoms with Gasteiger partial charge in [-0.1, -0.05) is 56.4 Å². The zero-order valence-corrected chi connectivity index (χ0v) is 44.3. The molecule has 17 nitrogen and oxygen atoms in total. The highest BCUT2D eigenvalue weighted by Crippen LogP contribution is 2.68. The number of hydrogen-bond acceptors (Lipinski definition) is 14. The van der Waals surface area contributed by atoms with E-state index in [1.165, 1.54) is 21.1 Å². The number of carbonyl (C=O) groups excluding carboxylic acids is 4. The number of fused-ring (bicyclic) bond motifs is 5. The maximum Gasteiger partial charge on any atom is 0.344 e. The molecule has 6 aliphatic rings. The minimum Gasteiger partial charge on any atom is -0.496 e. The van der Waals surface area contributed by atoms with Crippen LogP contribution in [0, 0.1) is 5.41 Å². The number of methoxy groups -OCH3 is 5. The van der Waals surface area contributed by atoms with Crippen molar-refractivity contribution in [3.8, 4) is 17.2 Å². The van der Waals surface area contributed by atoms with E-state index in [9.17, 15) is 19.5 Å². The fourth-order valence-electron chi connectivity index (χ4n) is 14.6. The van der Waals surface area contributed by atoms with E-state index in [0.717, 1.165) is 33.2 Å². The van der Waals surface area contributed by atoms with E-state index >= 15 is 4.79 Å². The number of rotatable bonds is 10. The number of para-hydroxylation sites is 1. The fourth-order valence-corrected chi connectivity index (χ4v) is 14.6. The van der Waals surface area contributed by atoms with Gasteiger partial charge in [-0.3, -0.25) is 14.5 Å². The normalized spacial score (nSPS) is 30.5. The van der Waals surface area contributed by atoms with Crippen LogP contribution < -0.4 is 24.4 Å². The quantitative estimate of drug-likeness (QED) is 0.0969. The van der Waals surface area contributed by atoms with Crippen molar-refractivity contribution in [2.45, 2.75) is 106 Å². The van der Waals surface area contributed by atoms with Gasteiger partial charge in [0.1, 0.15) is 5.75 Å². The van der Waals surface area contributed by atoms with Crippen LogP contribution in [-0.4, -0.2) is 154 Å². The molecule has 1 saturated carbocycles. The van der Waals surface area contributed by atoms with E-state index in [0.29, 0.717) is 106 Å². The summed E-state index contributed by atoms with van der Waals surface area (Å²) in [5.41, 5.74) is -0.542. The lowest BCUT2D eigenvalue weighted by Crippen LogP contribution is -2.81. The number of ether oxygens (including phenoxy) is 6. The van der Waals surface area contributed by atoms with Crippen LogP contribution in [0.5, 0.6) is 17.2 Å². The number of esters is 3. The van der Waals surface area contributed by atoms with E-state index in [1.807, 2.05) is 85.6 Å². The third-order valence-electron chi connectivity index (χ3n) is 17.8. The summed E-state index contributed by atoms with van der Waals surface area (Å²) in [4.78, 5) is 70.1. The Bertz CT molecular complexity index is 2960. The van der Waals surface area contributed by atoms with Gasteiger partial charge < -0.3 is 58.5 Å². The SMILES string of the molecule is CCC1(NC(=O)N2Cc3cc(OC)c(OC)cc3C2)C/C=C\[C@](C(=O)OC)(c2cc3c(cc2OC)N(C)C2[C@]34CCN3CC=C[C@@](CC)([C@@H](OC(C)=O)[C@]2(O)C(=O)OC)[C@H]34)c2[nH]c3ccccc3c2CCN(C)C1. The molecule has 17 heteroatoms. The van der Waals surface area contributed by atoms with E-state index < -0.39 is 57.4 Å². The number of anilines is 1. The van der Waals surface area contributed by atoms with Crippen LogP contribution in [0.15, 0.2) is 72.8 Å². The number of benzene rings is 3. The van der Waals surface area contributed by atoms with Gasteiger partial charge >= 0.3 is 23.9 Å². The van der Waals surface area contributed by atoms with E-state index in [1.54, 1.807) is 26.2 Å². The van der Waals surface area contributed by atoms with E-state index in [4.69, 9.17) is 28.4 Å². The molecule has 3 N–H and O–H groups in total. The summed E-state index contributed by atoms with van der Waals surface area (Å²) in [5, 5.41) is 17.9. The van der Waals surface area contributed by atoms with Crippen LogP contribution in [0.25, 0.3) is 10.9 Å². The molecule has 74 heavy (non-hydrogen) atoms. The monoisotopic (exact) mass is 1010 g/mol. The summed E-state index contributed by atoms with van der Waals surface area (Å²) in [7, 11) is 11.3. The number of aromatic amines is 1. The molecule has 1 aliphatic carbocycles. The first-order valence-electron chi connectivity index (χ1n) is 25.7. The second kappa shape index (κ2) is 18.7. The summed E-state index contributed by atoms with van der Waals surface area (Å²) in [6, 6.07) is 14.3. The Labute approximate surface area is 432 Å². The van der Waals surface area contributed by atoms with Crippen molar-refractivity contribution in [2.24, 2.45) is 5.41 Å². The minimum absolute atomic E-state index is 0.215. The maximum atomic E-state index is 15.7. The first-order valence-corrected chi connectivity index (χ1v) is 25.7. The maximum absolute atomic E-state index is 15.7. The van der Waals surface area contributed by atoms with Crippen LogP contribution in [0.3, 0.4) is 0 Å². The van der Waals surface area contributed by atoms with Crippen molar-refractivity contribution in [3.05, 3.63) is 106 Å². The van der Waals surface area contributed by atoms with Gasteiger partial charge in [0, 0.05) is 97.5 Å².